The van der Waals surface area contributed by atoms with Gasteiger partial charge in [0, 0.05) is 34.1 Å². The maximum atomic E-state index is 14.7. The first-order valence-corrected chi connectivity index (χ1v) is 14.6. The van der Waals surface area contributed by atoms with E-state index in [0.717, 1.165) is 11.1 Å². The van der Waals surface area contributed by atoms with Gasteiger partial charge in [0.2, 0.25) is 0 Å². The molecule has 2 N–H and O–H groups in total. The van der Waals surface area contributed by atoms with Gasteiger partial charge in [-0.25, -0.2) is 4.39 Å². The summed E-state index contributed by atoms with van der Waals surface area (Å²) in [5, 5.41) is 19.3. The van der Waals surface area contributed by atoms with Crippen molar-refractivity contribution in [1.82, 2.24) is 0 Å². The number of carbonyl (C=O) groups excluding carboxylic acids is 1. The summed E-state index contributed by atoms with van der Waals surface area (Å²) < 4.78 is 90.3. The second-order valence-corrected chi connectivity index (χ2v) is 13.1. The molecule has 0 saturated heterocycles. The summed E-state index contributed by atoms with van der Waals surface area (Å²) in [4.78, 5) is 12.7. The Labute approximate surface area is 221 Å². The molecule has 12 heteroatoms. The molecule has 2 unspecified atom stereocenters. The molecule has 0 radical (unpaired) electrons. The van der Waals surface area contributed by atoms with E-state index < -0.39 is 54.4 Å². The van der Waals surface area contributed by atoms with E-state index in [1.165, 1.54) is 0 Å². The third kappa shape index (κ3) is 5.59. The zero-order valence-electron chi connectivity index (χ0n) is 21.2. The van der Waals surface area contributed by atoms with Gasteiger partial charge in [-0.05, 0) is 85.2 Å². The summed E-state index contributed by atoms with van der Waals surface area (Å²) in [6.45, 7) is 1.85. The van der Waals surface area contributed by atoms with E-state index in [4.69, 9.17) is 0 Å². The van der Waals surface area contributed by atoms with Crippen LogP contribution in [-0.2, 0) is 22.0 Å². The maximum absolute atomic E-state index is 14.7. The molecule has 0 spiro atoms. The van der Waals surface area contributed by atoms with Crippen LogP contribution in [0.15, 0.2) is 18.2 Å². The molecule has 7 atom stereocenters. The minimum absolute atomic E-state index is 0.00729. The molecule has 1 aromatic carbocycles. The SMILES string of the molecule is C[C@]12CC[C@@H]3c4ccc(B(O)O)cc4C[C@@H](CCCS(=O)CCCC(F)(F)C(F)(F)F)[C@H]3[C@@H]1CC(F)C2=O. The van der Waals surface area contributed by atoms with Gasteiger partial charge in [0.25, 0.3) is 0 Å². The summed E-state index contributed by atoms with van der Waals surface area (Å²) in [7, 11) is -3.18. The van der Waals surface area contributed by atoms with Gasteiger partial charge in [0.05, 0.1) is 0 Å². The summed E-state index contributed by atoms with van der Waals surface area (Å²) in [6.07, 6.45) is -6.01. The van der Waals surface area contributed by atoms with Crippen molar-refractivity contribution in [3.8, 4) is 0 Å². The van der Waals surface area contributed by atoms with E-state index in [9.17, 15) is 45.4 Å². The Hall–Kier alpha value is -1.40. The van der Waals surface area contributed by atoms with Crippen molar-refractivity contribution in [2.45, 2.75) is 82.5 Å². The Morgan fingerprint density at radius 2 is 1.82 bits per heavy atom. The third-order valence-electron chi connectivity index (χ3n) is 9.15. The van der Waals surface area contributed by atoms with Gasteiger partial charge < -0.3 is 10.0 Å². The Bertz CT molecular complexity index is 1070. The van der Waals surface area contributed by atoms with Gasteiger partial charge >= 0.3 is 19.2 Å². The minimum atomic E-state index is -5.62. The number of hydrogen-bond donors (Lipinski definition) is 2. The van der Waals surface area contributed by atoms with E-state index in [0.29, 0.717) is 37.6 Å². The van der Waals surface area contributed by atoms with Crippen molar-refractivity contribution in [1.29, 1.82) is 0 Å². The average molecular weight is 566 g/mol. The quantitative estimate of drug-likeness (QED) is 0.342. The molecular weight excluding hydrogens is 533 g/mol. The number of Topliss-reactive ketones (excluding diaryl/α,β-unsaturated/α-hetero) is 1. The molecular formula is C26H33BF6O4S. The molecule has 3 aliphatic carbocycles. The average Bonchev–Trinajstić information content (AvgIpc) is 3.06. The molecule has 0 heterocycles. The zero-order valence-corrected chi connectivity index (χ0v) is 22.0. The highest BCUT2D eigenvalue weighted by molar-refractivity contribution is 7.84. The molecule has 4 nitrogen and oxygen atoms in total. The fourth-order valence-corrected chi connectivity index (χ4v) is 8.37. The zero-order chi connectivity index (χ0) is 28.0. The normalized spacial score (nSPS) is 31.9. The second kappa shape index (κ2) is 10.9. The van der Waals surface area contributed by atoms with Crippen LogP contribution in [0.3, 0.4) is 0 Å². The molecule has 4 rings (SSSR count). The summed E-state index contributed by atoms with van der Waals surface area (Å²) in [6, 6.07) is 5.31. The summed E-state index contributed by atoms with van der Waals surface area (Å²) >= 11 is 0. The molecule has 2 saturated carbocycles. The highest BCUT2D eigenvalue weighted by Gasteiger charge is 2.60. The smallest absolute Gasteiger partial charge is 0.423 e. The molecule has 38 heavy (non-hydrogen) atoms. The number of halogens is 6. The van der Waals surface area contributed by atoms with Crippen LogP contribution >= 0.6 is 0 Å². The first-order valence-electron chi connectivity index (χ1n) is 13.1. The molecule has 212 valence electrons. The number of fused-ring (bicyclic) bond motifs is 5. The van der Waals surface area contributed by atoms with Crippen molar-refractivity contribution in [2.75, 3.05) is 11.5 Å². The summed E-state index contributed by atoms with van der Waals surface area (Å²) in [5.74, 6) is -5.31. The third-order valence-corrected chi connectivity index (χ3v) is 10.6. The number of rotatable bonds is 9. The first-order chi connectivity index (χ1) is 17.7. The largest absolute Gasteiger partial charge is 0.488 e. The van der Waals surface area contributed by atoms with Crippen LogP contribution in [0.25, 0.3) is 0 Å². The van der Waals surface area contributed by atoms with Gasteiger partial charge in [-0.2, -0.15) is 22.0 Å². The molecule has 1 aromatic rings. The molecule has 2 fully saturated rings. The predicted octanol–water partition coefficient (Wildman–Crippen LogP) is 4.47. The lowest BCUT2D eigenvalue weighted by atomic mass is 9.52. The van der Waals surface area contributed by atoms with E-state index in [-0.39, 0.29) is 47.4 Å². The van der Waals surface area contributed by atoms with E-state index in [2.05, 4.69) is 0 Å². The van der Waals surface area contributed by atoms with Crippen LogP contribution in [0.5, 0.6) is 0 Å². The lowest BCUT2D eigenvalue weighted by Crippen LogP contribution is -2.46. The molecule has 0 amide bonds. The van der Waals surface area contributed by atoms with Gasteiger partial charge in [0.1, 0.15) is 0 Å². The fourth-order valence-electron chi connectivity index (χ4n) is 7.21. The van der Waals surface area contributed by atoms with Gasteiger partial charge in [0.15, 0.2) is 12.0 Å². The topological polar surface area (TPSA) is 74.6 Å². The van der Waals surface area contributed by atoms with Gasteiger partial charge in [-0.1, -0.05) is 25.1 Å². The lowest BCUT2D eigenvalue weighted by molar-refractivity contribution is -0.284. The van der Waals surface area contributed by atoms with E-state index in [1.807, 2.05) is 13.0 Å². The van der Waals surface area contributed by atoms with Crippen molar-refractivity contribution in [3.63, 3.8) is 0 Å². The minimum Gasteiger partial charge on any atom is -0.423 e. The maximum Gasteiger partial charge on any atom is 0.488 e. The first kappa shape index (κ1) is 29.6. The van der Waals surface area contributed by atoms with Crippen molar-refractivity contribution in [3.05, 3.63) is 29.3 Å². The van der Waals surface area contributed by atoms with E-state index in [1.54, 1.807) is 12.1 Å². The lowest BCUT2D eigenvalue weighted by Gasteiger charge is -2.51. The van der Waals surface area contributed by atoms with Gasteiger partial charge in [-0.15, -0.1) is 0 Å². The van der Waals surface area contributed by atoms with Crippen molar-refractivity contribution >= 4 is 29.2 Å². The Kier molecular flexibility index (Phi) is 8.47. The Morgan fingerprint density at radius 1 is 1.13 bits per heavy atom. The van der Waals surface area contributed by atoms with Crippen LogP contribution in [-0.4, -0.2) is 56.9 Å². The Morgan fingerprint density at radius 3 is 2.47 bits per heavy atom. The number of alkyl halides is 6. The second-order valence-electron chi connectivity index (χ2n) is 11.4. The number of benzene rings is 1. The van der Waals surface area contributed by atoms with Crippen molar-refractivity contribution < 1.29 is 45.4 Å². The molecule has 0 aromatic heterocycles. The number of hydrogen-bond acceptors (Lipinski definition) is 4. The Balaban J connectivity index is 1.46. The van der Waals surface area contributed by atoms with Crippen LogP contribution in [0.1, 0.15) is 68.9 Å². The molecule has 3 aliphatic rings. The predicted molar refractivity (Wildman–Crippen MR) is 132 cm³/mol. The molecule has 0 bridgehead atoms. The number of carbonyl (C=O) groups is 1. The highest BCUT2D eigenvalue weighted by Crippen LogP contribution is 2.61. The standard InChI is InChI=1S/C26H33BF6O4S/c1-24-9-7-19-18-6-5-17(27(35)36)13-16(18)12-15(22(19)20(24)14-21(28)23(24)34)4-2-10-38(37)11-3-8-25(29,30)26(31,32)33/h5-6,13,15,19-22,35-36H,2-4,7-12,14H2,1H3/t15-,19-,20+,21?,22-,24+,38?/m1/s1. The van der Waals surface area contributed by atoms with Crippen LogP contribution in [0.4, 0.5) is 26.3 Å². The molecule has 0 aliphatic heterocycles. The van der Waals surface area contributed by atoms with Crippen LogP contribution in [0, 0.1) is 23.2 Å². The van der Waals surface area contributed by atoms with E-state index >= 15 is 0 Å². The monoisotopic (exact) mass is 566 g/mol. The highest BCUT2D eigenvalue weighted by atomic mass is 32.2. The fraction of sp³-hybridized carbons (Fsp3) is 0.731. The van der Waals surface area contributed by atoms with Crippen LogP contribution in [0.2, 0.25) is 0 Å². The van der Waals surface area contributed by atoms with Crippen LogP contribution < -0.4 is 5.46 Å². The summed E-state index contributed by atoms with van der Waals surface area (Å²) in [5.41, 5.74) is 1.64. The van der Waals surface area contributed by atoms with Crippen molar-refractivity contribution in [2.24, 2.45) is 23.2 Å². The number of ketones is 1. The van der Waals surface area contributed by atoms with Gasteiger partial charge in [-0.3, -0.25) is 9.00 Å².